The smallest absolute Gasteiger partial charge is 1.00 e. The Labute approximate surface area is 200 Å². The Hall–Kier alpha value is 0.471. The molecular weight excluding hydrogens is 435 g/mol. The number of hydrogen-bond donors (Lipinski definition) is 0. The molecule has 0 aliphatic heterocycles. The van der Waals surface area contributed by atoms with Crippen LogP contribution in [0.5, 0.6) is 0 Å². The molecule has 160 valence electrons. The Balaban J connectivity index is -0.000000355. The molecule has 0 aromatic carbocycles. The van der Waals surface area contributed by atoms with Gasteiger partial charge < -0.3 is 24.8 Å². The Morgan fingerprint density at radius 2 is 1.04 bits per heavy atom. The van der Waals surface area contributed by atoms with Crippen LogP contribution in [0.3, 0.4) is 0 Å². The molecule has 2 aliphatic rings. The maximum absolute atomic E-state index is 3.42. The third-order valence-electron chi connectivity index (χ3n) is 4.23. The van der Waals surface area contributed by atoms with E-state index in [-0.39, 0.29) is 41.8 Å². The van der Waals surface area contributed by atoms with Gasteiger partial charge in [0.2, 0.25) is 0 Å². The molecule has 0 amide bonds. The first-order valence-corrected chi connectivity index (χ1v) is 14.8. The van der Waals surface area contributed by atoms with Crippen molar-refractivity contribution in [3.63, 3.8) is 0 Å². The summed E-state index contributed by atoms with van der Waals surface area (Å²) in [4.78, 5) is 0. The van der Waals surface area contributed by atoms with Crippen molar-refractivity contribution in [1.82, 2.24) is 0 Å². The monoisotopic (exact) mass is 474 g/mol. The van der Waals surface area contributed by atoms with Crippen molar-refractivity contribution in [3.05, 3.63) is 46.6 Å². The van der Waals surface area contributed by atoms with Crippen LogP contribution in [-0.4, -0.2) is 6.19 Å². The average Bonchev–Trinajstić information content (AvgIpc) is 3.15. The summed E-state index contributed by atoms with van der Waals surface area (Å²) in [5.41, 5.74) is 6.39. The summed E-state index contributed by atoms with van der Waals surface area (Å²) in [7, 11) is 0. The zero-order valence-electron chi connectivity index (χ0n) is 19.7. The molecule has 28 heavy (non-hydrogen) atoms. The summed E-state index contributed by atoms with van der Waals surface area (Å²) in [6.45, 7) is 22.4. The molecule has 4 heteroatoms. The Kier molecular flexibility index (Phi) is 18.1. The molecule has 0 saturated carbocycles. The van der Waals surface area contributed by atoms with Crippen LogP contribution in [0.25, 0.3) is 0 Å². The van der Waals surface area contributed by atoms with Crippen molar-refractivity contribution < 1.29 is 44.0 Å². The number of rotatable bonds is 2. The van der Waals surface area contributed by atoms with Crippen molar-refractivity contribution in [3.8, 4) is 0 Å². The molecule has 2 aliphatic carbocycles. The molecule has 0 N–H and O–H groups in total. The van der Waals surface area contributed by atoms with Crippen LogP contribution in [0.4, 0.5) is 0 Å². The van der Waals surface area contributed by atoms with Gasteiger partial charge in [-0.25, -0.2) is 23.3 Å². The van der Waals surface area contributed by atoms with E-state index < -0.39 is 0 Å². The molecule has 2 rings (SSSR count). The molecular formula is C24H40Cl2SiTi-2. The first-order valence-electron chi connectivity index (χ1n) is 9.94. The summed E-state index contributed by atoms with van der Waals surface area (Å²) >= 11 is 2.27. The fourth-order valence-electron chi connectivity index (χ4n) is 2.45. The number of halogens is 2. The maximum atomic E-state index is 3.42. The Morgan fingerprint density at radius 1 is 0.786 bits per heavy atom. The second kappa shape index (κ2) is 15.3. The second-order valence-electron chi connectivity index (χ2n) is 9.35. The van der Waals surface area contributed by atoms with Gasteiger partial charge in [0, 0.05) is 0 Å². The summed E-state index contributed by atoms with van der Waals surface area (Å²) in [6, 6.07) is 0. The van der Waals surface area contributed by atoms with Gasteiger partial charge in [-0.05, 0) is 10.8 Å². The Bertz CT molecular complexity index is 545. The molecule has 0 fully saturated rings. The van der Waals surface area contributed by atoms with Crippen LogP contribution in [-0.2, 0) is 19.2 Å². The van der Waals surface area contributed by atoms with E-state index in [9.17, 15) is 0 Å². The van der Waals surface area contributed by atoms with E-state index in [0.29, 0.717) is 0 Å². The summed E-state index contributed by atoms with van der Waals surface area (Å²) in [5, 5.41) is 0. The molecule has 0 heterocycles. The molecule has 0 aromatic rings. The van der Waals surface area contributed by atoms with Crippen molar-refractivity contribution >= 4 is 6.19 Å². The first kappa shape index (κ1) is 33.1. The van der Waals surface area contributed by atoms with Gasteiger partial charge >= 0.3 is 38.5 Å². The van der Waals surface area contributed by atoms with Crippen LogP contribution in [0.2, 0.25) is 13.1 Å². The van der Waals surface area contributed by atoms with Crippen molar-refractivity contribution in [1.29, 1.82) is 0 Å². The largest absolute Gasteiger partial charge is 1.00 e. The molecule has 0 nitrogen and oxygen atoms in total. The van der Waals surface area contributed by atoms with E-state index in [4.69, 9.17) is 0 Å². The first-order chi connectivity index (χ1) is 11.8. The standard InChI is InChI=1S/2C11H17.C2H6Si.2ClH.Ti/c2*1-5-9-6-7-10(8-9)11(2,3)4;1-3-2;;;/h2*8H,5-6H2,1-4H3;1-2H3;2*1H;/q2*-1;;;;+2/p-2. The molecule has 0 radical (unpaired) electrons. The quantitative estimate of drug-likeness (QED) is 0.422. The molecule has 0 saturated heterocycles. The predicted molar refractivity (Wildman–Crippen MR) is 116 cm³/mol. The van der Waals surface area contributed by atoms with Crippen molar-refractivity contribution in [2.45, 2.75) is 94.2 Å². The third kappa shape index (κ3) is 14.5. The summed E-state index contributed by atoms with van der Waals surface area (Å²) in [5.74, 6) is 0. The van der Waals surface area contributed by atoms with Gasteiger partial charge in [0.1, 0.15) is 0 Å². The third-order valence-corrected chi connectivity index (χ3v) is 4.23. The topological polar surface area (TPSA) is 0 Å². The summed E-state index contributed by atoms with van der Waals surface area (Å²) in [6.07, 6.45) is 16.0. The van der Waals surface area contributed by atoms with Crippen LogP contribution in [0.1, 0.15) is 81.1 Å². The minimum absolute atomic E-state index is 0. The molecule has 0 aromatic heterocycles. The Morgan fingerprint density at radius 3 is 1.14 bits per heavy atom. The van der Waals surface area contributed by atoms with Gasteiger partial charge in [-0.1, -0.05) is 68.2 Å². The van der Waals surface area contributed by atoms with Gasteiger partial charge in [0.25, 0.3) is 0 Å². The molecule has 0 atom stereocenters. The van der Waals surface area contributed by atoms with Crippen LogP contribution < -0.4 is 24.8 Å². The van der Waals surface area contributed by atoms with Crippen LogP contribution in [0, 0.1) is 23.0 Å². The van der Waals surface area contributed by atoms with Gasteiger partial charge in [-0.2, -0.15) is 11.1 Å². The average molecular weight is 475 g/mol. The van der Waals surface area contributed by atoms with E-state index in [1.807, 2.05) is 0 Å². The zero-order chi connectivity index (χ0) is 20.5. The van der Waals surface area contributed by atoms with E-state index in [0.717, 1.165) is 12.8 Å². The van der Waals surface area contributed by atoms with Gasteiger partial charge in [0.15, 0.2) is 0 Å². The predicted octanol–water partition coefficient (Wildman–Crippen LogP) is 1.80. The molecule has 0 spiro atoms. The molecule has 0 unspecified atom stereocenters. The van der Waals surface area contributed by atoms with Gasteiger partial charge in [-0.15, -0.1) is 12.8 Å². The van der Waals surface area contributed by atoms with E-state index in [1.54, 1.807) is 0 Å². The fraction of sp³-hybridized carbons (Fsp3) is 0.667. The van der Waals surface area contributed by atoms with Crippen molar-refractivity contribution in [2.75, 3.05) is 0 Å². The minimum atomic E-state index is 0. The number of allylic oxidation sites excluding steroid dienone is 8. The van der Waals surface area contributed by atoms with E-state index >= 15 is 0 Å². The van der Waals surface area contributed by atoms with Crippen molar-refractivity contribution in [2.24, 2.45) is 10.8 Å². The fourth-order valence-corrected chi connectivity index (χ4v) is 2.45. The zero-order valence-corrected chi connectivity index (χ0v) is 23.8. The number of hydrogen-bond acceptors (Lipinski definition) is 0. The minimum Gasteiger partial charge on any atom is -1.00 e. The second-order valence-corrected chi connectivity index (χ2v) is 16.0. The van der Waals surface area contributed by atoms with Crippen LogP contribution in [0.15, 0.2) is 34.4 Å². The maximum Gasteiger partial charge on any atom is -1.00 e. The van der Waals surface area contributed by atoms with E-state index in [1.165, 1.54) is 35.1 Å². The van der Waals surface area contributed by atoms with E-state index in [2.05, 4.69) is 112 Å². The molecule has 0 bridgehead atoms. The van der Waals surface area contributed by atoms with Crippen LogP contribution >= 0.6 is 0 Å². The SMILES string of the molecule is CCC1=CC(C(C)(C)C)=[C-]C1.CCC1=CC(C(C)(C)C)=[C-]C1.C[Si](C)=[Ti+2].[Cl-].[Cl-]. The normalized spacial score (nSPS) is 15.3. The van der Waals surface area contributed by atoms with Gasteiger partial charge in [-0.3, -0.25) is 12.2 Å². The van der Waals surface area contributed by atoms with Gasteiger partial charge in [0.05, 0.1) is 0 Å². The summed E-state index contributed by atoms with van der Waals surface area (Å²) < 4.78 is 0.